The third kappa shape index (κ3) is 7.98. The van der Waals surface area contributed by atoms with Gasteiger partial charge in [0.1, 0.15) is 5.54 Å². The molecule has 0 fully saturated rings. The second-order valence-corrected chi connectivity index (χ2v) is 5.26. The van der Waals surface area contributed by atoms with Crippen LogP contribution < -0.4 is 5.32 Å². The molecule has 1 atom stereocenters. The summed E-state index contributed by atoms with van der Waals surface area (Å²) in [6.07, 6.45) is 3.22. The first kappa shape index (κ1) is 15.8. The van der Waals surface area contributed by atoms with Gasteiger partial charge in [-0.05, 0) is 38.5 Å². The summed E-state index contributed by atoms with van der Waals surface area (Å²) in [5.74, 6) is 2.23. The van der Waals surface area contributed by atoms with Crippen molar-refractivity contribution in [2.75, 3.05) is 31.8 Å². The summed E-state index contributed by atoms with van der Waals surface area (Å²) in [5, 5.41) is 12.3. The van der Waals surface area contributed by atoms with Gasteiger partial charge in [0, 0.05) is 12.9 Å². The van der Waals surface area contributed by atoms with Crippen molar-refractivity contribution in [3.05, 3.63) is 0 Å². The Morgan fingerprint density at radius 1 is 1.38 bits per heavy atom. The molecule has 0 rings (SSSR count). The molecule has 0 bridgehead atoms. The molecule has 0 heterocycles. The summed E-state index contributed by atoms with van der Waals surface area (Å²) in [5.41, 5.74) is -0.341. The van der Waals surface area contributed by atoms with Crippen molar-refractivity contribution in [3.63, 3.8) is 0 Å². The first-order valence-electron chi connectivity index (χ1n) is 5.91. The van der Waals surface area contributed by atoms with Crippen molar-refractivity contribution in [1.82, 2.24) is 5.32 Å². The van der Waals surface area contributed by atoms with Gasteiger partial charge in [-0.25, -0.2) is 0 Å². The highest BCUT2D eigenvalue weighted by molar-refractivity contribution is 7.99. The monoisotopic (exact) mass is 244 g/mol. The van der Waals surface area contributed by atoms with Crippen LogP contribution in [0.1, 0.15) is 33.1 Å². The van der Waals surface area contributed by atoms with Gasteiger partial charge < -0.3 is 4.74 Å². The number of rotatable bonds is 10. The molecule has 0 aliphatic heterocycles. The van der Waals surface area contributed by atoms with E-state index in [-0.39, 0.29) is 5.54 Å². The molecule has 0 aromatic carbocycles. The van der Waals surface area contributed by atoms with E-state index in [1.54, 1.807) is 7.11 Å². The topological polar surface area (TPSA) is 45.0 Å². The molecule has 0 saturated heterocycles. The number of hydrogen-bond donors (Lipinski definition) is 1. The van der Waals surface area contributed by atoms with Crippen LogP contribution in [0.2, 0.25) is 0 Å². The highest BCUT2D eigenvalue weighted by atomic mass is 32.2. The van der Waals surface area contributed by atoms with Gasteiger partial charge in [0.2, 0.25) is 0 Å². The van der Waals surface area contributed by atoms with Crippen LogP contribution in [0.15, 0.2) is 0 Å². The second kappa shape index (κ2) is 9.95. The fourth-order valence-electron chi connectivity index (χ4n) is 1.50. The molecule has 0 aliphatic carbocycles. The van der Waals surface area contributed by atoms with Gasteiger partial charge in [0.25, 0.3) is 0 Å². The fourth-order valence-corrected chi connectivity index (χ4v) is 2.40. The third-order valence-corrected chi connectivity index (χ3v) is 3.49. The lowest BCUT2D eigenvalue weighted by molar-refractivity contribution is 0.218. The van der Waals surface area contributed by atoms with Crippen molar-refractivity contribution in [1.29, 1.82) is 5.26 Å². The Balaban J connectivity index is 3.46. The number of methoxy groups -OCH3 is 1. The van der Waals surface area contributed by atoms with E-state index in [9.17, 15) is 0 Å². The lowest BCUT2D eigenvalue weighted by Gasteiger charge is -2.22. The van der Waals surface area contributed by atoms with E-state index in [2.05, 4.69) is 11.4 Å². The highest BCUT2D eigenvalue weighted by Gasteiger charge is 2.20. The van der Waals surface area contributed by atoms with E-state index < -0.39 is 0 Å². The first-order valence-corrected chi connectivity index (χ1v) is 7.07. The summed E-state index contributed by atoms with van der Waals surface area (Å²) in [7, 11) is 1.73. The largest absolute Gasteiger partial charge is 0.384 e. The molecule has 0 saturated carbocycles. The number of unbranched alkanes of at least 4 members (excludes halogenated alkanes) is 1. The molecule has 0 radical (unpaired) electrons. The Bertz CT molecular complexity index is 206. The van der Waals surface area contributed by atoms with E-state index in [0.717, 1.165) is 37.5 Å². The lowest BCUT2D eigenvalue weighted by atomic mass is 9.97. The van der Waals surface area contributed by atoms with E-state index in [0.29, 0.717) is 0 Å². The number of nitriles is 1. The summed E-state index contributed by atoms with van der Waals surface area (Å²) in [6, 6.07) is 2.35. The molecule has 0 amide bonds. The van der Waals surface area contributed by atoms with Gasteiger partial charge in [-0.15, -0.1) is 0 Å². The van der Waals surface area contributed by atoms with Crippen molar-refractivity contribution in [2.45, 2.75) is 38.6 Å². The quantitative estimate of drug-likeness (QED) is 0.600. The van der Waals surface area contributed by atoms with Crippen LogP contribution in [-0.2, 0) is 4.74 Å². The number of hydrogen-bond acceptors (Lipinski definition) is 4. The van der Waals surface area contributed by atoms with E-state index in [4.69, 9.17) is 10.00 Å². The maximum atomic E-state index is 9.05. The van der Waals surface area contributed by atoms with Crippen molar-refractivity contribution >= 4 is 11.8 Å². The maximum Gasteiger partial charge on any atom is 0.103 e. The molecule has 1 unspecified atom stereocenters. The zero-order valence-electron chi connectivity index (χ0n) is 10.7. The molecule has 16 heavy (non-hydrogen) atoms. The Morgan fingerprint density at radius 3 is 2.69 bits per heavy atom. The van der Waals surface area contributed by atoms with E-state index >= 15 is 0 Å². The molecule has 94 valence electrons. The minimum Gasteiger partial charge on any atom is -0.384 e. The minimum absolute atomic E-state index is 0.341. The van der Waals surface area contributed by atoms with Crippen LogP contribution in [-0.4, -0.2) is 37.3 Å². The summed E-state index contributed by atoms with van der Waals surface area (Å²) in [6.45, 7) is 5.70. The predicted octanol–water partition coefficient (Wildman–Crippen LogP) is 2.43. The molecule has 0 aliphatic rings. The Kier molecular flexibility index (Phi) is 9.80. The molecule has 0 spiro atoms. The normalized spacial score (nSPS) is 14.4. The van der Waals surface area contributed by atoms with Crippen LogP contribution in [0.25, 0.3) is 0 Å². The number of nitrogens with zero attached hydrogens (tertiary/aromatic N) is 1. The zero-order valence-corrected chi connectivity index (χ0v) is 11.5. The van der Waals surface area contributed by atoms with Crippen LogP contribution in [0.5, 0.6) is 0 Å². The van der Waals surface area contributed by atoms with Gasteiger partial charge >= 0.3 is 0 Å². The van der Waals surface area contributed by atoms with Gasteiger partial charge in [-0.1, -0.05) is 6.92 Å². The summed E-state index contributed by atoms with van der Waals surface area (Å²) < 4.78 is 4.98. The predicted molar refractivity (Wildman–Crippen MR) is 70.7 cm³/mol. The number of ether oxygens (including phenoxy) is 1. The van der Waals surface area contributed by atoms with Crippen molar-refractivity contribution in [2.24, 2.45) is 0 Å². The second-order valence-electron chi connectivity index (χ2n) is 4.04. The van der Waals surface area contributed by atoms with Crippen LogP contribution >= 0.6 is 11.8 Å². The Hall–Kier alpha value is -0.240. The zero-order chi connectivity index (χ0) is 12.3. The third-order valence-electron chi connectivity index (χ3n) is 2.46. The van der Waals surface area contributed by atoms with Gasteiger partial charge in [0.05, 0.1) is 12.7 Å². The van der Waals surface area contributed by atoms with Gasteiger partial charge in [-0.2, -0.15) is 17.0 Å². The highest BCUT2D eigenvalue weighted by Crippen LogP contribution is 2.14. The Morgan fingerprint density at radius 2 is 2.12 bits per heavy atom. The molecule has 0 aromatic rings. The molecule has 0 aromatic heterocycles. The maximum absolute atomic E-state index is 9.05. The smallest absolute Gasteiger partial charge is 0.103 e. The van der Waals surface area contributed by atoms with Crippen LogP contribution in [0, 0.1) is 11.3 Å². The molecule has 3 nitrogen and oxygen atoms in total. The van der Waals surface area contributed by atoms with Crippen LogP contribution in [0.3, 0.4) is 0 Å². The molecule has 1 N–H and O–H groups in total. The molecule has 4 heteroatoms. The van der Waals surface area contributed by atoms with Crippen molar-refractivity contribution in [3.8, 4) is 6.07 Å². The SMILES string of the molecule is CCNC(C)(C#N)CCCCSCCOC. The molecular formula is C12H24N2OS. The molecular weight excluding hydrogens is 220 g/mol. The summed E-state index contributed by atoms with van der Waals surface area (Å²) in [4.78, 5) is 0. The fraction of sp³-hybridized carbons (Fsp3) is 0.917. The van der Waals surface area contributed by atoms with Gasteiger partial charge in [-0.3, -0.25) is 5.32 Å². The average Bonchev–Trinajstić information content (AvgIpc) is 2.28. The number of thioether (sulfide) groups is 1. The van der Waals surface area contributed by atoms with Gasteiger partial charge in [0.15, 0.2) is 0 Å². The summed E-state index contributed by atoms with van der Waals surface area (Å²) >= 11 is 1.92. The van der Waals surface area contributed by atoms with E-state index in [1.165, 1.54) is 6.42 Å². The number of nitrogens with one attached hydrogen (secondary N) is 1. The average molecular weight is 244 g/mol. The first-order chi connectivity index (χ1) is 7.68. The van der Waals surface area contributed by atoms with Crippen LogP contribution in [0.4, 0.5) is 0 Å². The van der Waals surface area contributed by atoms with Crippen molar-refractivity contribution < 1.29 is 4.74 Å². The Labute approximate surface area is 104 Å². The lowest BCUT2D eigenvalue weighted by Crippen LogP contribution is -2.40. The van der Waals surface area contributed by atoms with E-state index in [1.807, 2.05) is 25.6 Å². The standard InChI is InChI=1S/C12H24N2OS/c1-4-14-12(2,11-13)7-5-6-9-16-10-8-15-3/h14H,4-10H2,1-3H3. The minimum atomic E-state index is -0.341.